The smallest absolute Gasteiger partial charge is 0.191 e. The zero-order chi connectivity index (χ0) is 12.1. The lowest BCUT2D eigenvalue weighted by molar-refractivity contribution is 0.410. The van der Waals surface area contributed by atoms with Gasteiger partial charge >= 0.3 is 0 Å². The van der Waals surface area contributed by atoms with Crippen LogP contribution in [-0.4, -0.2) is 26.2 Å². The lowest BCUT2D eigenvalue weighted by Crippen LogP contribution is -2.40. The average molecular weight is 237 g/mol. The fourth-order valence-electron chi connectivity index (χ4n) is 1.63. The van der Waals surface area contributed by atoms with E-state index in [1.165, 1.54) is 13.2 Å². The van der Waals surface area contributed by atoms with Crippen LogP contribution in [-0.2, 0) is 6.54 Å². The van der Waals surface area contributed by atoms with E-state index in [4.69, 9.17) is 4.74 Å². The Balaban J connectivity index is 1.96. The molecule has 1 heterocycles. The zero-order valence-electron chi connectivity index (χ0n) is 9.79. The second-order valence-corrected chi connectivity index (χ2v) is 3.82. The van der Waals surface area contributed by atoms with Gasteiger partial charge in [0, 0.05) is 31.3 Å². The molecular formula is C12H16FN3O. The first-order valence-corrected chi connectivity index (χ1v) is 5.64. The number of ether oxygens (including phenoxy) is 1. The molecule has 17 heavy (non-hydrogen) atoms. The molecule has 1 aliphatic heterocycles. The molecule has 0 aromatic heterocycles. The van der Waals surface area contributed by atoms with E-state index in [0.717, 1.165) is 25.5 Å². The summed E-state index contributed by atoms with van der Waals surface area (Å²) in [5.74, 6) is 0.999. The summed E-state index contributed by atoms with van der Waals surface area (Å²) < 4.78 is 18.6. The molecule has 2 N–H and O–H groups in total. The van der Waals surface area contributed by atoms with E-state index in [0.29, 0.717) is 17.9 Å². The predicted molar refractivity (Wildman–Crippen MR) is 64.7 cm³/mol. The maximum absolute atomic E-state index is 13.6. The average Bonchev–Trinajstić information content (AvgIpc) is 2.38. The number of halogens is 1. The van der Waals surface area contributed by atoms with E-state index in [-0.39, 0.29) is 5.82 Å². The third-order valence-electron chi connectivity index (χ3n) is 2.60. The lowest BCUT2D eigenvalue weighted by atomic mass is 10.2. The fraction of sp³-hybridized carbons (Fsp3) is 0.417. The molecule has 1 aliphatic rings. The van der Waals surface area contributed by atoms with Gasteiger partial charge < -0.3 is 15.4 Å². The molecule has 2 rings (SSSR count). The highest BCUT2D eigenvalue weighted by Gasteiger charge is 2.06. The summed E-state index contributed by atoms with van der Waals surface area (Å²) in [5.41, 5.74) is 0.598. The number of guanidine groups is 1. The molecule has 0 aliphatic carbocycles. The first-order valence-electron chi connectivity index (χ1n) is 5.64. The maximum Gasteiger partial charge on any atom is 0.191 e. The monoisotopic (exact) mass is 237 g/mol. The highest BCUT2D eigenvalue weighted by Crippen LogP contribution is 2.15. The van der Waals surface area contributed by atoms with E-state index in [9.17, 15) is 4.39 Å². The molecule has 0 amide bonds. The fourth-order valence-corrected chi connectivity index (χ4v) is 1.63. The van der Waals surface area contributed by atoms with E-state index >= 15 is 0 Å². The standard InChI is InChI=1S/C12H16FN3O/c1-17-10-4-3-9(11(13)7-10)8-16-12-14-5-2-6-15-12/h3-4,7H,2,5-6,8H2,1H3,(H2,14,15,16). The van der Waals surface area contributed by atoms with E-state index in [1.54, 1.807) is 12.1 Å². The molecule has 0 spiro atoms. The highest BCUT2D eigenvalue weighted by atomic mass is 19.1. The number of hydrogen-bond acceptors (Lipinski definition) is 4. The second-order valence-electron chi connectivity index (χ2n) is 3.82. The van der Waals surface area contributed by atoms with Crippen LogP contribution in [0.1, 0.15) is 12.0 Å². The predicted octanol–water partition coefficient (Wildman–Crippen LogP) is 1.27. The minimum Gasteiger partial charge on any atom is -0.497 e. The molecule has 0 fully saturated rings. The third kappa shape index (κ3) is 3.09. The van der Waals surface area contributed by atoms with Crippen molar-refractivity contribution in [3.8, 4) is 5.75 Å². The first kappa shape index (κ1) is 11.7. The Labute approximate surface area is 99.9 Å². The molecule has 1 aromatic carbocycles. The Bertz CT molecular complexity index is 420. The van der Waals surface area contributed by atoms with Crippen LogP contribution in [0.25, 0.3) is 0 Å². The van der Waals surface area contributed by atoms with Gasteiger partial charge in [-0.1, -0.05) is 6.07 Å². The summed E-state index contributed by atoms with van der Waals surface area (Å²) in [4.78, 5) is 4.26. The molecule has 0 bridgehead atoms. The van der Waals surface area contributed by atoms with Crippen molar-refractivity contribution in [3.05, 3.63) is 29.6 Å². The molecule has 0 atom stereocenters. The number of nitrogens with one attached hydrogen (secondary N) is 2. The van der Waals surface area contributed by atoms with Crippen molar-refractivity contribution < 1.29 is 9.13 Å². The zero-order valence-corrected chi connectivity index (χ0v) is 9.79. The molecule has 1 aromatic rings. The lowest BCUT2D eigenvalue weighted by Gasteiger charge is -2.16. The number of hydrogen-bond donors (Lipinski definition) is 2. The number of methoxy groups -OCH3 is 1. The maximum atomic E-state index is 13.6. The van der Waals surface area contributed by atoms with Crippen molar-refractivity contribution in [3.63, 3.8) is 0 Å². The number of rotatable bonds is 3. The summed E-state index contributed by atoms with van der Waals surface area (Å²) in [6.07, 6.45) is 1.04. The Kier molecular flexibility index (Phi) is 3.80. The topological polar surface area (TPSA) is 45.6 Å². The molecular weight excluding hydrogens is 221 g/mol. The summed E-state index contributed by atoms with van der Waals surface area (Å²) >= 11 is 0. The van der Waals surface area contributed by atoms with Crippen LogP contribution in [0.4, 0.5) is 4.39 Å². The van der Waals surface area contributed by atoms with Crippen LogP contribution in [0.15, 0.2) is 23.2 Å². The Hall–Kier alpha value is -1.78. The molecule has 92 valence electrons. The van der Waals surface area contributed by atoms with Crippen LogP contribution in [0, 0.1) is 5.82 Å². The second kappa shape index (κ2) is 5.52. The number of nitrogens with zero attached hydrogens (tertiary/aromatic N) is 1. The van der Waals surface area contributed by atoms with Gasteiger partial charge in [-0.15, -0.1) is 0 Å². The van der Waals surface area contributed by atoms with Gasteiger partial charge in [0.1, 0.15) is 11.6 Å². The summed E-state index contributed by atoms with van der Waals surface area (Å²) in [6.45, 7) is 2.15. The minimum atomic E-state index is -0.270. The largest absolute Gasteiger partial charge is 0.497 e. The molecule has 0 saturated carbocycles. The molecule has 0 unspecified atom stereocenters. The van der Waals surface area contributed by atoms with Crippen LogP contribution in [0.2, 0.25) is 0 Å². The van der Waals surface area contributed by atoms with Crippen molar-refractivity contribution in [2.45, 2.75) is 13.0 Å². The van der Waals surface area contributed by atoms with E-state index in [2.05, 4.69) is 15.6 Å². The molecule has 5 heteroatoms. The highest BCUT2D eigenvalue weighted by molar-refractivity contribution is 5.80. The molecule has 0 saturated heterocycles. The first-order chi connectivity index (χ1) is 8.29. The summed E-state index contributed by atoms with van der Waals surface area (Å²) in [7, 11) is 1.52. The van der Waals surface area contributed by atoms with Crippen LogP contribution in [0.3, 0.4) is 0 Å². The van der Waals surface area contributed by atoms with Gasteiger partial charge in [0.2, 0.25) is 0 Å². The van der Waals surface area contributed by atoms with Gasteiger partial charge in [-0.3, -0.25) is 4.99 Å². The van der Waals surface area contributed by atoms with Crippen LogP contribution >= 0.6 is 0 Å². The van der Waals surface area contributed by atoms with Gasteiger partial charge in [0.25, 0.3) is 0 Å². The van der Waals surface area contributed by atoms with Gasteiger partial charge in [-0.25, -0.2) is 4.39 Å². The van der Waals surface area contributed by atoms with Gasteiger partial charge in [0.05, 0.1) is 7.11 Å². The van der Waals surface area contributed by atoms with Gasteiger partial charge in [-0.05, 0) is 12.5 Å². The minimum absolute atomic E-state index is 0.270. The Morgan fingerprint density at radius 2 is 2.41 bits per heavy atom. The van der Waals surface area contributed by atoms with Crippen LogP contribution in [0.5, 0.6) is 5.75 Å². The normalized spacial score (nSPS) is 14.8. The van der Waals surface area contributed by atoms with Crippen molar-refractivity contribution in [1.29, 1.82) is 0 Å². The number of aliphatic imine (C=N–C) groups is 1. The van der Waals surface area contributed by atoms with Gasteiger partial charge in [-0.2, -0.15) is 0 Å². The van der Waals surface area contributed by atoms with E-state index < -0.39 is 0 Å². The SMILES string of the molecule is COc1ccc(CNC2=NCCCN2)c(F)c1. The molecule has 4 nitrogen and oxygen atoms in total. The van der Waals surface area contributed by atoms with Crippen LogP contribution < -0.4 is 15.4 Å². The van der Waals surface area contributed by atoms with Crippen molar-refractivity contribution in [2.75, 3.05) is 20.2 Å². The number of benzene rings is 1. The third-order valence-corrected chi connectivity index (χ3v) is 2.60. The van der Waals surface area contributed by atoms with Gasteiger partial charge in [0.15, 0.2) is 5.96 Å². The summed E-state index contributed by atoms with van der Waals surface area (Å²) in [6, 6.07) is 4.84. The van der Waals surface area contributed by atoms with Crippen molar-refractivity contribution >= 4 is 5.96 Å². The van der Waals surface area contributed by atoms with Crippen molar-refractivity contribution in [2.24, 2.45) is 4.99 Å². The Morgan fingerprint density at radius 1 is 1.53 bits per heavy atom. The quantitative estimate of drug-likeness (QED) is 0.832. The summed E-state index contributed by atoms with van der Waals surface area (Å²) in [5, 5.41) is 6.20. The van der Waals surface area contributed by atoms with Crippen molar-refractivity contribution in [1.82, 2.24) is 10.6 Å². The Morgan fingerprint density at radius 3 is 3.06 bits per heavy atom. The molecule has 0 radical (unpaired) electrons. The van der Waals surface area contributed by atoms with E-state index in [1.807, 2.05) is 0 Å².